The molecule has 0 bridgehead atoms. The lowest BCUT2D eigenvalue weighted by Gasteiger charge is -2.23. The van der Waals surface area contributed by atoms with Gasteiger partial charge in [0.25, 0.3) is 0 Å². The van der Waals surface area contributed by atoms with E-state index in [0.29, 0.717) is 12.0 Å². The van der Waals surface area contributed by atoms with Gasteiger partial charge in [-0.1, -0.05) is 6.07 Å². The second-order valence-electron chi connectivity index (χ2n) is 4.82. The first-order valence-electron chi connectivity index (χ1n) is 6.08. The van der Waals surface area contributed by atoms with Gasteiger partial charge in [-0.3, -0.25) is 4.79 Å². The predicted molar refractivity (Wildman–Crippen MR) is 77.8 cm³/mol. The highest BCUT2D eigenvalue weighted by Gasteiger charge is 2.32. The van der Waals surface area contributed by atoms with Crippen molar-refractivity contribution < 1.29 is 13.2 Å². The first kappa shape index (κ1) is 14.3. The molecule has 2 heterocycles. The van der Waals surface area contributed by atoms with E-state index in [9.17, 15) is 13.2 Å². The summed E-state index contributed by atoms with van der Waals surface area (Å²) in [5.41, 5.74) is 0.634. The number of sulfone groups is 1. The maximum atomic E-state index is 12.2. The molecule has 1 saturated heterocycles. The van der Waals surface area contributed by atoms with Gasteiger partial charge in [-0.2, -0.15) is 0 Å². The van der Waals surface area contributed by atoms with Crippen molar-refractivity contribution in [1.82, 2.24) is 4.90 Å². The van der Waals surface area contributed by atoms with Crippen molar-refractivity contribution in [2.75, 3.05) is 18.6 Å². The van der Waals surface area contributed by atoms with Crippen LogP contribution in [0.1, 0.15) is 18.2 Å². The number of nitrogens with zero attached hydrogens (tertiary/aromatic N) is 1. The van der Waals surface area contributed by atoms with Crippen LogP contribution in [-0.4, -0.2) is 43.8 Å². The summed E-state index contributed by atoms with van der Waals surface area (Å²) in [5, 5.41) is 1.96. The number of thiophene rings is 1. The number of likely N-dealkylation sites (N-methyl/N-ethyl adjacent to an activating group) is 1. The van der Waals surface area contributed by atoms with Gasteiger partial charge in [-0.25, -0.2) is 8.42 Å². The Bertz CT molecular complexity index is 587. The molecule has 1 unspecified atom stereocenters. The smallest absolute Gasteiger partial charge is 0.249 e. The fourth-order valence-electron chi connectivity index (χ4n) is 2.17. The molecule has 1 fully saturated rings. The van der Waals surface area contributed by atoms with E-state index >= 15 is 0 Å². The summed E-state index contributed by atoms with van der Waals surface area (Å²) >= 11 is 1.57. The van der Waals surface area contributed by atoms with E-state index in [1.54, 1.807) is 30.2 Å². The summed E-state index contributed by atoms with van der Waals surface area (Å²) in [6.07, 6.45) is 2.38. The van der Waals surface area contributed by atoms with Crippen molar-refractivity contribution in [2.24, 2.45) is 0 Å². The molecule has 6 heteroatoms. The van der Waals surface area contributed by atoms with Gasteiger partial charge in [0.05, 0.1) is 11.5 Å². The lowest BCUT2D eigenvalue weighted by atomic mass is 10.2. The molecule has 1 aromatic rings. The Hall–Kier alpha value is -1.14. The molecule has 0 N–H and O–H groups in total. The van der Waals surface area contributed by atoms with Gasteiger partial charge in [-0.05, 0) is 30.9 Å². The monoisotopic (exact) mass is 299 g/mol. The van der Waals surface area contributed by atoms with Crippen LogP contribution in [0.25, 0.3) is 6.08 Å². The maximum Gasteiger partial charge on any atom is 0.249 e. The van der Waals surface area contributed by atoms with E-state index in [4.69, 9.17) is 0 Å². The van der Waals surface area contributed by atoms with Crippen LogP contribution < -0.4 is 0 Å². The summed E-state index contributed by atoms with van der Waals surface area (Å²) in [6, 6.07) is 3.69. The molecule has 0 aliphatic carbocycles. The molecule has 0 aromatic carbocycles. The minimum atomic E-state index is -2.96. The van der Waals surface area contributed by atoms with Crippen LogP contribution in [0, 0.1) is 0 Å². The lowest BCUT2D eigenvalue weighted by Crippen LogP contribution is -2.38. The van der Waals surface area contributed by atoms with Crippen molar-refractivity contribution in [2.45, 2.75) is 19.4 Å². The van der Waals surface area contributed by atoms with Gasteiger partial charge in [0.1, 0.15) is 0 Å². The zero-order valence-electron chi connectivity index (χ0n) is 11.0. The number of carbonyl (C=O) groups is 1. The van der Waals surface area contributed by atoms with E-state index in [1.807, 2.05) is 23.6 Å². The molecule has 0 radical (unpaired) electrons. The molecule has 1 atom stereocenters. The fourth-order valence-corrected chi connectivity index (χ4v) is 4.66. The quantitative estimate of drug-likeness (QED) is 0.800. The Morgan fingerprint density at radius 1 is 1.53 bits per heavy atom. The first-order chi connectivity index (χ1) is 8.89. The van der Waals surface area contributed by atoms with Gasteiger partial charge in [0, 0.05) is 23.5 Å². The second-order valence-corrected chi connectivity index (χ2v) is 8.02. The summed E-state index contributed by atoms with van der Waals surface area (Å²) in [5.74, 6) is 0.167. The van der Waals surface area contributed by atoms with Crippen molar-refractivity contribution in [3.05, 3.63) is 28.0 Å². The first-order valence-corrected chi connectivity index (χ1v) is 8.78. The molecule has 1 aliphatic heterocycles. The highest BCUT2D eigenvalue weighted by atomic mass is 32.2. The van der Waals surface area contributed by atoms with E-state index in [2.05, 4.69) is 0 Å². The average molecular weight is 299 g/mol. The highest BCUT2D eigenvalue weighted by molar-refractivity contribution is 7.91. The van der Waals surface area contributed by atoms with E-state index in [0.717, 1.165) is 4.88 Å². The molecule has 19 heavy (non-hydrogen) atoms. The molecular formula is C13H17NO3S2. The maximum absolute atomic E-state index is 12.2. The van der Waals surface area contributed by atoms with Crippen LogP contribution >= 0.6 is 11.3 Å². The fraction of sp³-hybridized carbons (Fsp3) is 0.462. The number of hydrogen-bond donors (Lipinski definition) is 0. The summed E-state index contributed by atoms with van der Waals surface area (Å²) < 4.78 is 22.9. The Labute approximate surface area is 117 Å². The molecule has 104 valence electrons. The standard InChI is InChI=1S/C13H17NO3S2/c1-10(8-12-4-3-6-18-12)13(15)14(2)11-5-7-19(16,17)9-11/h3-4,6,8,11H,5,7,9H2,1-2H3/b10-8+. The number of carbonyl (C=O) groups excluding carboxylic acids is 1. The molecular weight excluding hydrogens is 282 g/mol. The van der Waals surface area contributed by atoms with Gasteiger partial charge in [0.15, 0.2) is 9.84 Å². The normalized spacial score (nSPS) is 22.4. The van der Waals surface area contributed by atoms with Crippen LogP contribution in [-0.2, 0) is 14.6 Å². The Morgan fingerprint density at radius 3 is 2.79 bits per heavy atom. The van der Waals surface area contributed by atoms with Gasteiger partial charge in [-0.15, -0.1) is 11.3 Å². The third-order valence-electron chi connectivity index (χ3n) is 3.32. The van der Waals surface area contributed by atoms with E-state index in [1.165, 1.54) is 0 Å². The zero-order valence-corrected chi connectivity index (χ0v) is 12.6. The van der Waals surface area contributed by atoms with Crippen LogP contribution in [0.4, 0.5) is 0 Å². The molecule has 1 amide bonds. The largest absolute Gasteiger partial charge is 0.338 e. The molecule has 2 rings (SSSR count). The molecule has 0 saturated carbocycles. The van der Waals surface area contributed by atoms with Crippen LogP contribution in [0.5, 0.6) is 0 Å². The summed E-state index contributed by atoms with van der Waals surface area (Å²) in [6.45, 7) is 1.77. The minimum Gasteiger partial charge on any atom is -0.338 e. The van der Waals surface area contributed by atoms with Gasteiger partial charge >= 0.3 is 0 Å². The van der Waals surface area contributed by atoms with Crippen LogP contribution in [0.15, 0.2) is 23.1 Å². The third-order valence-corrected chi connectivity index (χ3v) is 5.89. The molecule has 0 spiro atoms. The SMILES string of the molecule is C/C(=C\c1cccs1)C(=O)N(C)C1CCS(=O)(=O)C1. The van der Waals surface area contributed by atoms with Crippen LogP contribution in [0.2, 0.25) is 0 Å². The van der Waals surface area contributed by atoms with E-state index < -0.39 is 9.84 Å². The number of amides is 1. The summed E-state index contributed by atoms with van der Waals surface area (Å²) in [4.78, 5) is 14.8. The van der Waals surface area contributed by atoms with Crippen LogP contribution in [0.3, 0.4) is 0 Å². The highest BCUT2D eigenvalue weighted by Crippen LogP contribution is 2.19. The van der Waals surface area contributed by atoms with Crippen molar-refractivity contribution in [1.29, 1.82) is 0 Å². The van der Waals surface area contributed by atoms with E-state index in [-0.39, 0.29) is 23.5 Å². The Morgan fingerprint density at radius 2 is 2.26 bits per heavy atom. The average Bonchev–Trinajstić information content (AvgIpc) is 2.96. The predicted octanol–water partition coefficient (Wildman–Crippen LogP) is 1.80. The zero-order chi connectivity index (χ0) is 14.0. The van der Waals surface area contributed by atoms with Crippen molar-refractivity contribution in [3.8, 4) is 0 Å². The molecule has 1 aliphatic rings. The Kier molecular flexibility index (Phi) is 4.10. The second kappa shape index (κ2) is 5.46. The third kappa shape index (κ3) is 3.45. The van der Waals surface area contributed by atoms with Crippen molar-refractivity contribution >= 4 is 33.2 Å². The summed E-state index contributed by atoms with van der Waals surface area (Å²) in [7, 11) is -1.28. The number of hydrogen-bond acceptors (Lipinski definition) is 4. The van der Waals surface area contributed by atoms with Gasteiger partial charge < -0.3 is 4.90 Å². The lowest BCUT2D eigenvalue weighted by molar-refractivity contribution is -0.127. The molecule has 1 aromatic heterocycles. The minimum absolute atomic E-state index is 0.0848. The number of rotatable bonds is 3. The molecule has 4 nitrogen and oxygen atoms in total. The Balaban J connectivity index is 2.07. The van der Waals surface area contributed by atoms with Gasteiger partial charge in [0.2, 0.25) is 5.91 Å². The van der Waals surface area contributed by atoms with Crippen molar-refractivity contribution in [3.63, 3.8) is 0 Å². The topological polar surface area (TPSA) is 54.5 Å².